The van der Waals surface area contributed by atoms with Crippen LogP contribution in [0.5, 0.6) is 0 Å². The Kier molecular flexibility index (Phi) is 5.98. The summed E-state index contributed by atoms with van der Waals surface area (Å²) in [5.41, 5.74) is 0.616. The van der Waals surface area contributed by atoms with E-state index >= 15 is 0 Å². The second-order valence-corrected chi connectivity index (χ2v) is 6.98. The molecule has 1 rings (SSSR count). The van der Waals surface area contributed by atoms with E-state index in [0.29, 0.717) is 12.2 Å². The Morgan fingerprint density at radius 3 is 2.72 bits per heavy atom. The number of hydrogen-bond donors (Lipinski definition) is 2. The summed E-state index contributed by atoms with van der Waals surface area (Å²) in [7, 11) is -3.33. The van der Waals surface area contributed by atoms with Gasteiger partial charge in [-0.2, -0.15) is 0 Å². The summed E-state index contributed by atoms with van der Waals surface area (Å²) in [5.74, 6) is 0. The first kappa shape index (κ1) is 15.3. The van der Waals surface area contributed by atoms with Gasteiger partial charge in [0.15, 0.2) is 0 Å². The number of sulfonamides is 1. The van der Waals surface area contributed by atoms with Crippen molar-refractivity contribution in [2.75, 3.05) is 24.1 Å². The lowest BCUT2D eigenvalue weighted by Gasteiger charge is -2.15. The van der Waals surface area contributed by atoms with Crippen LogP contribution in [0.4, 0.5) is 5.69 Å². The Labute approximate surface area is 114 Å². The van der Waals surface area contributed by atoms with Crippen molar-refractivity contribution in [2.24, 2.45) is 0 Å². The van der Waals surface area contributed by atoms with Crippen molar-refractivity contribution in [1.82, 2.24) is 5.32 Å². The molecular formula is C12H20N2O2S2. The molecule has 0 saturated heterocycles. The van der Waals surface area contributed by atoms with E-state index in [-0.39, 0.29) is 0 Å². The molecule has 0 radical (unpaired) electrons. The van der Waals surface area contributed by atoms with E-state index in [1.807, 2.05) is 31.4 Å². The maximum atomic E-state index is 12.0. The van der Waals surface area contributed by atoms with Crippen molar-refractivity contribution in [2.45, 2.75) is 24.0 Å². The van der Waals surface area contributed by atoms with Crippen LogP contribution in [-0.4, -0.2) is 33.0 Å². The van der Waals surface area contributed by atoms with Gasteiger partial charge in [0.05, 0.1) is 5.25 Å². The topological polar surface area (TPSA) is 58.2 Å². The largest absolute Gasteiger partial charge is 0.316 e. The molecule has 0 aromatic heterocycles. The van der Waals surface area contributed by atoms with Gasteiger partial charge in [-0.05, 0) is 37.9 Å². The number of rotatable bonds is 7. The zero-order valence-corrected chi connectivity index (χ0v) is 12.6. The van der Waals surface area contributed by atoms with Crippen molar-refractivity contribution in [3.63, 3.8) is 0 Å². The molecule has 0 amide bonds. The van der Waals surface area contributed by atoms with Gasteiger partial charge in [0, 0.05) is 17.1 Å². The summed E-state index contributed by atoms with van der Waals surface area (Å²) in [6.45, 7) is 4.87. The van der Waals surface area contributed by atoms with Gasteiger partial charge in [-0.25, -0.2) is 8.42 Å². The minimum Gasteiger partial charge on any atom is -0.316 e. The summed E-state index contributed by atoms with van der Waals surface area (Å²) in [6.07, 6.45) is 1.96. The Morgan fingerprint density at radius 2 is 2.11 bits per heavy atom. The Bertz CT molecular complexity index is 475. The highest BCUT2D eigenvalue weighted by atomic mass is 32.2. The fourth-order valence-electron chi connectivity index (χ4n) is 1.41. The van der Waals surface area contributed by atoms with Crippen LogP contribution in [-0.2, 0) is 10.0 Å². The van der Waals surface area contributed by atoms with Gasteiger partial charge >= 0.3 is 0 Å². The van der Waals surface area contributed by atoms with Gasteiger partial charge in [-0.15, -0.1) is 11.8 Å². The quantitative estimate of drug-likeness (QED) is 0.755. The molecule has 6 heteroatoms. The minimum absolute atomic E-state index is 0.452. The first-order valence-electron chi connectivity index (χ1n) is 5.86. The predicted octanol–water partition coefficient (Wildman–Crippen LogP) is 2.15. The Morgan fingerprint density at radius 1 is 1.39 bits per heavy atom. The molecule has 0 saturated carbocycles. The van der Waals surface area contributed by atoms with Crippen LogP contribution in [0.3, 0.4) is 0 Å². The summed E-state index contributed by atoms with van der Waals surface area (Å²) < 4.78 is 26.7. The molecule has 0 heterocycles. The smallest absolute Gasteiger partial charge is 0.236 e. The van der Waals surface area contributed by atoms with Crippen LogP contribution in [0, 0.1) is 0 Å². The number of nitrogens with one attached hydrogen (secondary N) is 2. The lowest BCUT2D eigenvalue weighted by atomic mass is 10.3. The second-order valence-electron chi connectivity index (χ2n) is 4.00. The van der Waals surface area contributed by atoms with Gasteiger partial charge in [-0.1, -0.05) is 13.0 Å². The van der Waals surface area contributed by atoms with Gasteiger partial charge < -0.3 is 5.32 Å². The van der Waals surface area contributed by atoms with Crippen LogP contribution in [0.25, 0.3) is 0 Å². The lowest BCUT2D eigenvalue weighted by molar-refractivity contribution is 0.579. The zero-order valence-electron chi connectivity index (χ0n) is 10.9. The normalized spacial score (nSPS) is 13.3. The molecule has 0 aliphatic rings. The monoisotopic (exact) mass is 288 g/mol. The molecule has 18 heavy (non-hydrogen) atoms. The molecule has 102 valence electrons. The highest BCUT2D eigenvalue weighted by Crippen LogP contribution is 2.20. The van der Waals surface area contributed by atoms with Crippen LogP contribution in [0.15, 0.2) is 29.2 Å². The average molecular weight is 288 g/mol. The fraction of sp³-hybridized carbons (Fsp3) is 0.500. The highest BCUT2D eigenvalue weighted by molar-refractivity contribution is 7.98. The van der Waals surface area contributed by atoms with E-state index in [1.165, 1.54) is 0 Å². The number of thioether (sulfide) groups is 1. The molecule has 0 aliphatic heterocycles. The summed E-state index contributed by atoms with van der Waals surface area (Å²) in [6, 6.07) is 7.39. The van der Waals surface area contributed by atoms with Crippen LogP contribution >= 0.6 is 11.8 Å². The van der Waals surface area contributed by atoms with E-state index in [1.54, 1.807) is 24.8 Å². The molecule has 0 spiro atoms. The number of hydrogen-bond acceptors (Lipinski definition) is 4. The highest BCUT2D eigenvalue weighted by Gasteiger charge is 2.19. The van der Waals surface area contributed by atoms with Crippen molar-refractivity contribution in [3.05, 3.63) is 24.3 Å². The van der Waals surface area contributed by atoms with Crippen molar-refractivity contribution in [1.29, 1.82) is 0 Å². The van der Waals surface area contributed by atoms with Crippen molar-refractivity contribution >= 4 is 27.5 Å². The maximum absolute atomic E-state index is 12.0. The van der Waals surface area contributed by atoms with Crippen LogP contribution < -0.4 is 10.0 Å². The van der Waals surface area contributed by atoms with E-state index in [2.05, 4.69) is 10.0 Å². The average Bonchev–Trinajstić information content (AvgIpc) is 2.35. The molecule has 1 aromatic rings. The zero-order chi connectivity index (χ0) is 13.6. The SMILES string of the molecule is CCNCC(C)S(=O)(=O)Nc1cccc(SC)c1. The predicted molar refractivity (Wildman–Crippen MR) is 78.8 cm³/mol. The molecule has 4 nitrogen and oxygen atoms in total. The Hall–Kier alpha value is -0.720. The van der Waals surface area contributed by atoms with E-state index in [0.717, 1.165) is 11.4 Å². The second kappa shape index (κ2) is 7.01. The van der Waals surface area contributed by atoms with Gasteiger partial charge in [0.2, 0.25) is 10.0 Å². The van der Waals surface area contributed by atoms with Crippen molar-refractivity contribution < 1.29 is 8.42 Å². The van der Waals surface area contributed by atoms with Crippen LogP contribution in [0.2, 0.25) is 0 Å². The summed E-state index contributed by atoms with van der Waals surface area (Å²) in [4.78, 5) is 1.04. The van der Waals surface area contributed by atoms with E-state index in [4.69, 9.17) is 0 Å². The first-order chi connectivity index (χ1) is 8.49. The van der Waals surface area contributed by atoms with Crippen LogP contribution in [0.1, 0.15) is 13.8 Å². The fourth-order valence-corrected chi connectivity index (χ4v) is 2.86. The molecule has 1 unspecified atom stereocenters. The molecule has 2 N–H and O–H groups in total. The number of anilines is 1. The standard InChI is InChI=1S/C12H20N2O2S2/c1-4-13-9-10(2)18(15,16)14-11-6-5-7-12(8-11)17-3/h5-8,10,13-14H,4,9H2,1-3H3. The molecule has 1 atom stereocenters. The molecular weight excluding hydrogens is 268 g/mol. The minimum atomic E-state index is -3.33. The van der Waals surface area contributed by atoms with Gasteiger partial charge in [0.1, 0.15) is 0 Å². The van der Waals surface area contributed by atoms with E-state index < -0.39 is 15.3 Å². The molecule has 0 aliphatic carbocycles. The third kappa shape index (κ3) is 4.51. The van der Waals surface area contributed by atoms with Gasteiger partial charge in [0.25, 0.3) is 0 Å². The number of benzene rings is 1. The van der Waals surface area contributed by atoms with E-state index in [9.17, 15) is 8.42 Å². The van der Waals surface area contributed by atoms with Crippen molar-refractivity contribution in [3.8, 4) is 0 Å². The third-order valence-electron chi connectivity index (χ3n) is 2.54. The lowest BCUT2D eigenvalue weighted by Crippen LogP contribution is -2.34. The Balaban J connectivity index is 2.75. The molecule has 0 fully saturated rings. The summed E-state index contributed by atoms with van der Waals surface area (Å²) >= 11 is 1.58. The first-order valence-corrected chi connectivity index (χ1v) is 8.63. The third-order valence-corrected chi connectivity index (χ3v) is 5.01. The summed E-state index contributed by atoms with van der Waals surface area (Å²) in [5, 5.41) is 2.58. The van der Waals surface area contributed by atoms with Gasteiger partial charge in [-0.3, -0.25) is 4.72 Å². The molecule has 1 aromatic carbocycles. The maximum Gasteiger partial charge on any atom is 0.236 e. The molecule has 0 bridgehead atoms.